The third-order valence-corrected chi connectivity index (χ3v) is 7.55. The zero-order valence-electron chi connectivity index (χ0n) is 20.2. The Morgan fingerprint density at radius 3 is 2.53 bits per heavy atom. The number of pyridine rings is 2. The van der Waals surface area contributed by atoms with Crippen molar-refractivity contribution in [2.45, 2.75) is 32.2 Å². The number of halogens is 2. The summed E-state index contributed by atoms with van der Waals surface area (Å²) >= 11 is 0. The van der Waals surface area contributed by atoms with Crippen LogP contribution in [0.5, 0.6) is 0 Å². The zero-order chi connectivity index (χ0) is 27.0. The van der Waals surface area contributed by atoms with Crippen LogP contribution in [-0.4, -0.2) is 46.9 Å². The van der Waals surface area contributed by atoms with Gasteiger partial charge in [0.1, 0.15) is 17.2 Å². The molecule has 3 aromatic heterocycles. The normalized spacial score (nSPS) is 13.4. The molecule has 9 nitrogen and oxygen atoms in total. The van der Waals surface area contributed by atoms with E-state index >= 15 is 4.39 Å². The van der Waals surface area contributed by atoms with Crippen molar-refractivity contribution in [1.82, 2.24) is 20.3 Å². The summed E-state index contributed by atoms with van der Waals surface area (Å²) in [7, 11) is -3.87. The maximum absolute atomic E-state index is 15.2. The molecule has 0 spiro atoms. The van der Waals surface area contributed by atoms with E-state index in [2.05, 4.69) is 25.0 Å². The van der Waals surface area contributed by atoms with E-state index in [-0.39, 0.29) is 29.0 Å². The molecule has 0 bridgehead atoms. The molecule has 1 saturated carbocycles. The molecule has 5 rings (SSSR count). The first kappa shape index (κ1) is 25.5. The molecule has 0 saturated heterocycles. The molecule has 0 aliphatic heterocycles. The third kappa shape index (κ3) is 5.12. The summed E-state index contributed by atoms with van der Waals surface area (Å²) in [5.74, 6) is -3.93. The number of fused-ring (bicyclic) bond motifs is 1. The zero-order valence-corrected chi connectivity index (χ0v) is 21.0. The van der Waals surface area contributed by atoms with E-state index in [0.29, 0.717) is 28.6 Å². The Morgan fingerprint density at radius 2 is 1.84 bits per heavy atom. The number of benzene rings is 1. The molecule has 1 amide bonds. The Morgan fingerprint density at radius 1 is 1.08 bits per heavy atom. The second-order valence-electron chi connectivity index (χ2n) is 9.04. The number of H-pyrrole nitrogens is 1. The van der Waals surface area contributed by atoms with E-state index in [0.717, 1.165) is 25.0 Å². The summed E-state index contributed by atoms with van der Waals surface area (Å²) in [4.78, 5) is 36.8. The molecule has 3 heterocycles. The summed E-state index contributed by atoms with van der Waals surface area (Å²) in [6.45, 7) is 1.64. The molecule has 196 valence electrons. The van der Waals surface area contributed by atoms with Gasteiger partial charge >= 0.3 is 0 Å². The number of amides is 1. The highest BCUT2D eigenvalue weighted by atomic mass is 32.2. The molecule has 1 aromatic carbocycles. The SMILES string of the molecule is CCCS(=O)(=O)Nc1ccc(F)c(C(=O)c2c[nH]c3ncc(-c4ccc(C(=O)NC5CC5)nc4)cc23)c1F. The van der Waals surface area contributed by atoms with E-state index in [1.807, 2.05) is 0 Å². The minimum absolute atomic E-state index is 0.0471. The van der Waals surface area contributed by atoms with Crippen molar-refractivity contribution in [2.24, 2.45) is 0 Å². The maximum Gasteiger partial charge on any atom is 0.270 e. The summed E-state index contributed by atoms with van der Waals surface area (Å²) < 4.78 is 56.2. The molecule has 0 radical (unpaired) electrons. The van der Waals surface area contributed by atoms with Crippen LogP contribution in [0, 0.1) is 11.6 Å². The van der Waals surface area contributed by atoms with Crippen LogP contribution in [0.4, 0.5) is 14.5 Å². The first-order valence-corrected chi connectivity index (χ1v) is 13.6. The lowest BCUT2D eigenvalue weighted by Gasteiger charge is -2.11. The van der Waals surface area contributed by atoms with Crippen molar-refractivity contribution in [3.8, 4) is 11.1 Å². The summed E-state index contributed by atoms with van der Waals surface area (Å²) in [5, 5.41) is 3.17. The number of anilines is 1. The highest BCUT2D eigenvalue weighted by Gasteiger charge is 2.26. The van der Waals surface area contributed by atoms with Gasteiger partial charge in [-0.15, -0.1) is 0 Å². The van der Waals surface area contributed by atoms with Gasteiger partial charge in [-0.05, 0) is 43.5 Å². The smallest absolute Gasteiger partial charge is 0.270 e. The van der Waals surface area contributed by atoms with Gasteiger partial charge < -0.3 is 10.3 Å². The van der Waals surface area contributed by atoms with Crippen molar-refractivity contribution >= 4 is 38.4 Å². The van der Waals surface area contributed by atoms with E-state index in [1.54, 1.807) is 31.3 Å². The van der Waals surface area contributed by atoms with Gasteiger partial charge in [-0.25, -0.2) is 22.2 Å². The second-order valence-corrected chi connectivity index (χ2v) is 10.9. The summed E-state index contributed by atoms with van der Waals surface area (Å²) in [5.41, 5.74) is 0.314. The van der Waals surface area contributed by atoms with Gasteiger partial charge in [0.2, 0.25) is 15.8 Å². The monoisotopic (exact) mass is 539 g/mol. The van der Waals surface area contributed by atoms with E-state index in [1.165, 1.54) is 12.4 Å². The molecule has 0 unspecified atom stereocenters. The fraction of sp³-hybridized carbons (Fsp3) is 0.231. The quantitative estimate of drug-likeness (QED) is 0.273. The van der Waals surface area contributed by atoms with E-state index in [9.17, 15) is 22.4 Å². The Balaban J connectivity index is 1.47. The van der Waals surface area contributed by atoms with Gasteiger partial charge in [-0.1, -0.05) is 13.0 Å². The van der Waals surface area contributed by atoms with Crippen LogP contribution in [-0.2, 0) is 10.0 Å². The number of ketones is 1. The number of hydrogen-bond donors (Lipinski definition) is 3. The number of nitrogens with one attached hydrogen (secondary N) is 3. The fourth-order valence-corrected chi connectivity index (χ4v) is 5.13. The Labute approximate surface area is 216 Å². The number of aromatic nitrogens is 3. The van der Waals surface area contributed by atoms with Gasteiger partial charge in [0, 0.05) is 46.7 Å². The highest BCUT2D eigenvalue weighted by molar-refractivity contribution is 7.92. The number of rotatable bonds is 9. The van der Waals surface area contributed by atoms with Crippen molar-refractivity contribution in [2.75, 3.05) is 10.5 Å². The van der Waals surface area contributed by atoms with Crippen LogP contribution in [0.2, 0.25) is 0 Å². The van der Waals surface area contributed by atoms with Crippen LogP contribution in [0.1, 0.15) is 52.6 Å². The summed E-state index contributed by atoms with van der Waals surface area (Å²) in [6.07, 6.45) is 6.54. The number of sulfonamides is 1. The average molecular weight is 540 g/mol. The molecule has 38 heavy (non-hydrogen) atoms. The van der Waals surface area contributed by atoms with E-state index in [4.69, 9.17) is 0 Å². The van der Waals surface area contributed by atoms with Gasteiger partial charge in [0.05, 0.1) is 17.0 Å². The topological polar surface area (TPSA) is 134 Å². The predicted octanol–water partition coefficient (Wildman–Crippen LogP) is 4.18. The Hall–Kier alpha value is -4.19. The number of carbonyl (C=O) groups is 2. The van der Waals surface area contributed by atoms with Crippen molar-refractivity contribution < 1.29 is 26.8 Å². The standard InChI is InChI=1S/C26H23F2N5O4S/c1-2-9-38(36,37)33-20-8-6-19(27)22(23(20)28)24(34)18-13-31-25-17(18)10-15(12-30-25)14-3-7-21(29-11-14)26(35)32-16-4-5-16/h3,6-8,10-13,16,33H,2,4-5,9H2,1H3,(H,30,31)(H,32,35). The molecule has 12 heteroatoms. The fourth-order valence-electron chi connectivity index (χ4n) is 4.00. The lowest BCUT2D eigenvalue weighted by molar-refractivity contribution is 0.0945. The Kier molecular flexibility index (Phi) is 6.66. The van der Waals surface area contributed by atoms with Gasteiger partial charge in [-0.2, -0.15) is 0 Å². The molecule has 4 aromatic rings. The van der Waals surface area contributed by atoms with Crippen molar-refractivity contribution in [3.63, 3.8) is 0 Å². The van der Waals surface area contributed by atoms with Crippen LogP contribution in [0.15, 0.2) is 48.9 Å². The second kappa shape index (κ2) is 9.93. The van der Waals surface area contributed by atoms with Gasteiger partial charge in [0.25, 0.3) is 5.91 Å². The number of aromatic amines is 1. The molecule has 1 aliphatic rings. The number of hydrogen-bond acceptors (Lipinski definition) is 6. The molecule has 3 N–H and O–H groups in total. The van der Waals surface area contributed by atoms with Crippen molar-refractivity contribution in [3.05, 3.63) is 77.4 Å². The van der Waals surface area contributed by atoms with E-state index < -0.39 is 38.7 Å². The molecule has 1 aliphatic carbocycles. The third-order valence-electron chi connectivity index (χ3n) is 6.07. The predicted molar refractivity (Wildman–Crippen MR) is 137 cm³/mol. The van der Waals surface area contributed by atoms with Gasteiger partial charge in [0.15, 0.2) is 5.82 Å². The average Bonchev–Trinajstić information content (AvgIpc) is 3.60. The molecule has 1 fully saturated rings. The lowest BCUT2D eigenvalue weighted by Crippen LogP contribution is -2.26. The molecular formula is C26H23F2N5O4S. The minimum atomic E-state index is -3.87. The first-order chi connectivity index (χ1) is 18.2. The maximum atomic E-state index is 15.2. The molecule has 0 atom stereocenters. The van der Waals surface area contributed by atoms with Crippen LogP contribution in [0.25, 0.3) is 22.2 Å². The van der Waals surface area contributed by atoms with Crippen LogP contribution >= 0.6 is 0 Å². The van der Waals surface area contributed by atoms with Crippen molar-refractivity contribution in [1.29, 1.82) is 0 Å². The first-order valence-electron chi connectivity index (χ1n) is 11.9. The largest absolute Gasteiger partial charge is 0.348 e. The lowest BCUT2D eigenvalue weighted by atomic mass is 10.00. The molecular weight excluding hydrogens is 516 g/mol. The number of carbonyl (C=O) groups excluding carboxylic acids is 2. The number of nitrogens with zero attached hydrogens (tertiary/aromatic N) is 2. The highest BCUT2D eigenvalue weighted by Crippen LogP contribution is 2.29. The van der Waals surface area contributed by atoms with Crippen LogP contribution in [0.3, 0.4) is 0 Å². The van der Waals surface area contributed by atoms with Crippen LogP contribution < -0.4 is 10.0 Å². The minimum Gasteiger partial charge on any atom is -0.348 e. The van der Waals surface area contributed by atoms with Gasteiger partial charge in [-0.3, -0.25) is 19.3 Å². The summed E-state index contributed by atoms with van der Waals surface area (Å²) in [6, 6.07) is 6.87. The Bertz CT molecular complexity index is 1670.